The molecule has 0 radical (unpaired) electrons. The van der Waals surface area contributed by atoms with E-state index in [2.05, 4.69) is 20.6 Å². The number of anilines is 1. The van der Waals surface area contributed by atoms with Crippen LogP contribution in [0.15, 0.2) is 24.3 Å². The number of carbonyl (C=O) groups is 2. The monoisotopic (exact) mass is 408 g/mol. The predicted molar refractivity (Wildman–Crippen MR) is 115 cm³/mol. The van der Waals surface area contributed by atoms with E-state index in [1.165, 1.54) is 11.3 Å². The lowest BCUT2D eigenvalue weighted by atomic mass is 10.1. The molecule has 6 nitrogen and oxygen atoms in total. The minimum Gasteiger partial charge on any atom is -0.347 e. The van der Waals surface area contributed by atoms with Crippen molar-refractivity contribution in [2.24, 2.45) is 5.92 Å². The molecule has 3 aromatic rings. The van der Waals surface area contributed by atoms with Crippen molar-refractivity contribution in [3.63, 3.8) is 0 Å². The van der Waals surface area contributed by atoms with E-state index >= 15 is 0 Å². The van der Waals surface area contributed by atoms with Gasteiger partial charge in [0.15, 0.2) is 0 Å². The van der Waals surface area contributed by atoms with Crippen molar-refractivity contribution in [1.29, 1.82) is 0 Å². The number of nitrogens with zero attached hydrogens (tertiary/aromatic N) is 2. The van der Waals surface area contributed by atoms with Gasteiger partial charge in [0.25, 0.3) is 5.91 Å². The summed E-state index contributed by atoms with van der Waals surface area (Å²) in [5.41, 5.74) is 3.62. The average Bonchev–Trinajstić information content (AvgIpc) is 3.51. The fourth-order valence-electron chi connectivity index (χ4n) is 3.33. The molecular formula is C22H24N4O2S. The molecule has 7 heteroatoms. The van der Waals surface area contributed by atoms with Gasteiger partial charge in [-0.05, 0) is 49.9 Å². The Hall–Kier alpha value is -2.80. The van der Waals surface area contributed by atoms with E-state index in [4.69, 9.17) is 0 Å². The second-order valence-corrected chi connectivity index (χ2v) is 8.46. The second kappa shape index (κ2) is 7.91. The van der Waals surface area contributed by atoms with E-state index in [9.17, 15) is 9.59 Å². The lowest BCUT2D eigenvalue weighted by molar-refractivity contribution is -0.117. The standard InChI is InChI=1S/C22H24N4O2S/c1-4-17-24-13(3)18-12(2)19(29-22(18)26-17)21(28)23-11-14-5-9-16(10-6-14)25-20(27)15-7-8-15/h5-6,9-10,15H,4,7-8,11H2,1-3H3,(H,23,28)(H,25,27). The minimum atomic E-state index is -0.103. The van der Waals surface area contributed by atoms with Gasteiger partial charge in [0, 0.05) is 35.7 Å². The predicted octanol–water partition coefficient (Wildman–Crippen LogP) is 4.15. The number of rotatable bonds is 6. The Kier molecular flexibility index (Phi) is 5.32. The van der Waals surface area contributed by atoms with Crippen LogP contribution in [0.25, 0.3) is 10.2 Å². The molecule has 0 spiro atoms. The van der Waals surface area contributed by atoms with Gasteiger partial charge in [0.1, 0.15) is 10.7 Å². The molecule has 0 aliphatic heterocycles. The topological polar surface area (TPSA) is 84.0 Å². The zero-order valence-electron chi connectivity index (χ0n) is 16.8. The summed E-state index contributed by atoms with van der Waals surface area (Å²) in [6, 6.07) is 7.59. The molecule has 2 amide bonds. The molecule has 1 aliphatic carbocycles. The van der Waals surface area contributed by atoms with Crippen molar-refractivity contribution in [2.45, 2.75) is 46.6 Å². The zero-order chi connectivity index (χ0) is 20.5. The maximum atomic E-state index is 12.8. The molecule has 0 unspecified atom stereocenters. The molecule has 0 saturated heterocycles. The Morgan fingerprint density at radius 1 is 1.14 bits per heavy atom. The number of nitrogens with one attached hydrogen (secondary N) is 2. The van der Waals surface area contributed by atoms with Gasteiger partial charge in [-0.2, -0.15) is 0 Å². The molecule has 2 aromatic heterocycles. The molecule has 1 aliphatic rings. The average molecular weight is 409 g/mol. The van der Waals surface area contributed by atoms with Crippen LogP contribution in [0, 0.1) is 19.8 Å². The summed E-state index contributed by atoms with van der Waals surface area (Å²) in [6.45, 7) is 6.37. The van der Waals surface area contributed by atoms with Gasteiger partial charge in [-0.3, -0.25) is 9.59 Å². The molecule has 1 saturated carbocycles. The van der Waals surface area contributed by atoms with E-state index in [1.54, 1.807) is 0 Å². The normalized spacial score (nSPS) is 13.5. The van der Waals surface area contributed by atoms with Gasteiger partial charge in [-0.15, -0.1) is 11.3 Å². The van der Waals surface area contributed by atoms with Crippen LogP contribution in [0.5, 0.6) is 0 Å². The van der Waals surface area contributed by atoms with Crippen LogP contribution in [0.2, 0.25) is 0 Å². The summed E-state index contributed by atoms with van der Waals surface area (Å²) in [6.07, 6.45) is 2.74. The molecule has 29 heavy (non-hydrogen) atoms. The Morgan fingerprint density at radius 3 is 2.52 bits per heavy atom. The number of hydrogen-bond donors (Lipinski definition) is 2. The highest BCUT2D eigenvalue weighted by molar-refractivity contribution is 7.20. The lowest BCUT2D eigenvalue weighted by Crippen LogP contribution is -2.22. The molecule has 1 fully saturated rings. The van der Waals surface area contributed by atoms with Crippen molar-refractivity contribution in [1.82, 2.24) is 15.3 Å². The second-order valence-electron chi connectivity index (χ2n) is 7.46. The summed E-state index contributed by atoms with van der Waals surface area (Å²) in [4.78, 5) is 35.2. The maximum Gasteiger partial charge on any atom is 0.261 e. The SMILES string of the molecule is CCc1nc(C)c2c(C)c(C(=O)NCc3ccc(NC(=O)C4CC4)cc3)sc2n1. The van der Waals surface area contributed by atoms with Crippen LogP contribution >= 0.6 is 11.3 Å². The van der Waals surface area contributed by atoms with E-state index in [0.29, 0.717) is 11.4 Å². The molecule has 2 N–H and O–H groups in total. The fourth-order valence-corrected chi connectivity index (χ4v) is 4.50. The fraction of sp³-hybridized carbons (Fsp3) is 0.364. The summed E-state index contributed by atoms with van der Waals surface area (Å²) in [7, 11) is 0. The summed E-state index contributed by atoms with van der Waals surface area (Å²) >= 11 is 1.42. The first-order valence-electron chi connectivity index (χ1n) is 9.91. The van der Waals surface area contributed by atoms with Gasteiger partial charge in [0.2, 0.25) is 5.91 Å². The first-order valence-corrected chi connectivity index (χ1v) is 10.7. The first-order chi connectivity index (χ1) is 14.0. The number of thiophene rings is 1. The van der Waals surface area contributed by atoms with Gasteiger partial charge in [0.05, 0.1) is 4.88 Å². The number of benzene rings is 1. The largest absolute Gasteiger partial charge is 0.347 e. The molecular weight excluding hydrogens is 384 g/mol. The van der Waals surface area contributed by atoms with Crippen LogP contribution in [-0.2, 0) is 17.8 Å². The molecule has 150 valence electrons. The van der Waals surface area contributed by atoms with E-state index in [1.807, 2.05) is 45.0 Å². The molecule has 2 heterocycles. The van der Waals surface area contributed by atoms with Crippen LogP contribution < -0.4 is 10.6 Å². The highest BCUT2D eigenvalue weighted by Crippen LogP contribution is 2.31. The van der Waals surface area contributed by atoms with Gasteiger partial charge in [-0.1, -0.05) is 19.1 Å². The van der Waals surface area contributed by atoms with Gasteiger partial charge in [-0.25, -0.2) is 9.97 Å². The van der Waals surface area contributed by atoms with Crippen LogP contribution in [0.3, 0.4) is 0 Å². The molecule has 0 atom stereocenters. The molecule has 4 rings (SSSR count). The summed E-state index contributed by atoms with van der Waals surface area (Å²) < 4.78 is 0. The smallest absolute Gasteiger partial charge is 0.261 e. The number of fused-ring (bicyclic) bond motifs is 1. The summed E-state index contributed by atoms with van der Waals surface area (Å²) in [5.74, 6) is 0.974. The highest BCUT2D eigenvalue weighted by atomic mass is 32.1. The van der Waals surface area contributed by atoms with E-state index in [-0.39, 0.29) is 17.7 Å². The van der Waals surface area contributed by atoms with E-state index < -0.39 is 0 Å². The van der Waals surface area contributed by atoms with Crippen molar-refractivity contribution >= 4 is 39.1 Å². The van der Waals surface area contributed by atoms with Crippen LogP contribution in [-0.4, -0.2) is 21.8 Å². The number of hydrogen-bond acceptors (Lipinski definition) is 5. The van der Waals surface area contributed by atoms with Crippen molar-refractivity contribution < 1.29 is 9.59 Å². The van der Waals surface area contributed by atoms with Crippen molar-refractivity contribution in [3.8, 4) is 0 Å². The lowest BCUT2D eigenvalue weighted by Gasteiger charge is -2.07. The summed E-state index contributed by atoms with van der Waals surface area (Å²) in [5, 5.41) is 6.89. The Morgan fingerprint density at radius 2 is 1.86 bits per heavy atom. The van der Waals surface area contributed by atoms with Crippen molar-refractivity contribution in [2.75, 3.05) is 5.32 Å². The number of aromatic nitrogens is 2. The van der Waals surface area contributed by atoms with Crippen LogP contribution in [0.1, 0.15) is 52.1 Å². The Labute approximate surface area is 173 Å². The Balaban J connectivity index is 1.43. The third-order valence-electron chi connectivity index (χ3n) is 5.16. The number of carbonyl (C=O) groups excluding carboxylic acids is 2. The first kappa shape index (κ1) is 19.5. The van der Waals surface area contributed by atoms with Crippen LogP contribution in [0.4, 0.5) is 5.69 Å². The third kappa shape index (κ3) is 4.15. The third-order valence-corrected chi connectivity index (χ3v) is 6.35. The number of amides is 2. The maximum absolute atomic E-state index is 12.8. The van der Waals surface area contributed by atoms with Gasteiger partial charge >= 0.3 is 0 Å². The molecule has 1 aromatic carbocycles. The molecule has 0 bridgehead atoms. The van der Waals surface area contributed by atoms with E-state index in [0.717, 1.165) is 57.8 Å². The quantitative estimate of drug-likeness (QED) is 0.642. The Bertz CT molecular complexity index is 1080. The highest BCUT2D eigenvalue weighted by Gasteiger charge is 2.29. The van der Waals surface area contributed by atoms with Gasteiger partial charge < -0.3 is 10.6 Å². The minimum absolute atomic E-state index is 0.0934. The number of aryl methyl sites for hydroxylation is 3. The zero-order valence-corrected chi connectivity index (χ0v) is 17.7. The van der Waals surface area contributed by atoms with Crippen molar-refractivity contribution in [3.05, 3.63) is 51.8 Å².